The van der Waals surface area contributed by atoms with Crippen molar-refractivity contribution in [1.29, 1.82) is 0 Å². The Morgan fingerprint density at radius 2 is 1.86 bits per heavy atom. The fourth-order valence-corrected chi connectivity index (χ4v) is 3.05. The van der Waals surface area contributed by atoms with Crippen molar-refractivity contribution >= 4 is 11.6 Å². The molecule has 1 fully saturated rings. The van der Waals surface area contributed by atoms with Gasteiger partial charge in [0.05, 0.1) is 0 Å². The third kappa shape index (κ3) is 3.47. The minimum atomic E-state index is 0.509. The van der Waals surface area contributed by atoms with E-state index >= 15 is 0 Å². The second-order valence-electron chi connectivity index (χ2n) is 6.59. The maximum Gasteiger partial charge on any atom is 0.137 e. The molecule has 0 saturated carbocycles. The predicted molar refractivity (Wildman–Crippen MR) is 90.2 cm³/mol. The highest BCUT2D eigenvalue weighted by molar-refractivity contribution is 5.58. The van der Waals surface area contributed by atoms with Crippen LogP contribution in [0.25, 0.3) is 0 Å². The molecule has 21 heavy (non-hydrogen) atoms. The standard InChI is InChI=1S/C17H30N4/c1-6-8-14-19-15(18-5)13(3)16(20-14)21-11-9-17(4,7-2)10-12-21/h6-12H2,1-5H3,(H,18,19,20). The molecule has 1 saturated heterocycles. The maximum atomic E-state index is 4.84. The number of hydrogen-bond acceptors (Lipinski definition) is 4. The summed E-state index contributed by atoms with van der Waals surface area (Å²) >= 11 is 0. The molecule has 1 aromatic heterocycles. The van der Waals surface area contributed by atoms with Crippen molar-refractivity contribution in [3.8, 4) is 0 Å². The van der Waals surface area contributed by atoms with Gasteiger partial charge in [0.2, 0.25) is 0 Å². The van der Waals surface area contributed by atoms with Crippen molar-refractivity contribution in [1.82, 2.24) is 9.97 Å². The van der Waals surface area contributed by atoms with Gasteiger partial charge in [-0.3, -0.25) is 0 Å². The van der Waals surface area contributed by atoms with Crippen molar-refractivity contribution in [2.45, 2.75) is 59.8 Å². The molecular formula is C17H30N4. The third-order valence-electron chi connectivity index (χ3n) is 5.00. The maximum absolute atomic E-state index is 4.84. The normalized spacial score (nSPS) is 17.9. The van der Waals surface area contributed by atoms with Gasteiger partial charge in [0.25, 0.3) is 0 Å². The largest absolute Gasteiger partial charge is 0.373 e. The number of nitrogens with one attached hydrogen (secondary N) is 1. The monoisotopic (exact) mass is 290 g/mol. The average molecular weight is 290 g/mol. The summed E-state index contributed by atoms with van der Waals surface area (Å²) in [5.74, 6) is 3.08. The topological polar surface area (TPSA) is 41.1 Å². The molecule has 0 spiro atoms. The Hall–Kier alpha value is -1.32. The Morgan fingerprint density at radius 3 is 2.38 bits per heavy atom. The lowest BCUT2D eigenvalue weighted by molar-refractivity contribution is 0.237. The Labute approximate surface area is 129 Å². The van der Waals surface area contributed by atoms with Crippen LogP contribution in [0.2, 0.25) is 0 Å². The van der Waals surface area contributed by atoms with Crippen LogP contribution in [0.5, 0.6) is 0 Å². The number of anilines is 2. The summed E-state index contributed by atoms with van der Waals surface area (Å²) in [6.07, 6.45) is 5.81. The van der Waals surface area contributed by atoms with Gasteiger partial charge in [0.1, 0.15) is 17.5 Å². The van der Waals surface area contributed by atoms with E-state index in [1.807, 2.05) is 7.05 Å². The molecule has 1 aliphatic rings. The van der Waals surface area contributed by atoms with Crippen molar-refractivity contribution in [3.05, 3.63) is 11.4 Å². The Kier molecular flexibility index (Phi) is 5.07. The molecule has 118 valence electrons. The van der Waals surface area contributed by atoms with Crippen LogP contribution in [0.3, 0.4) is 0 Å². The molecule has 4 nitrogen and oxygen atoms in total. The molecule has 2 heterocycles. The van der Waals surface area contributed by atoms with E-state index in [-0.39, 0.29) is 0 Å². The summed E-state index contributed by atoms with van der Waals surface area (Å²) < 4.78 is 0. The van der Waals surface area contributed by atoms with Crippen LogP contribution in [0, 0.1) is 12.3 Å². The van der Waals surface area contributed by atoms with E-state index in [9.17, 15) is 0 Å². The van der Waals surface area contributed by atoms with E-state index in [4.69, 9.17) is 4.98 Å². The van der Waals surface area contributed by atoms with E-state index in [2.05, 4.69) is 42.9 Å². The van der Waals surface area contributed by atoms with Crippen LogP contribution in [0.4, 0.5) is 11.6 Å². The summed E-state index contributed by atoms with van der Waals surface area (Å²) in [7, 11) is 1.94. The van der Waals surface area contributed by atoms with Gasteiger partial charge in [-0.25, -0.2) is 9.97 Å². The van der Waals surface area contributed by atoms with E-state index in [1.54, 1.807) is 0 Å². The molecule has 0 unspecified atom stereocenters. The molecule has 0 bridgehead atoms. The highest BCUT2D eigenvalue weighted by Crippen LogP contribution is 2.36. The van der Waals surface area contributed by atoms with Crippen molar-refractivity contribution < 1.29 is 0 Å². The zero-order chi connectivity index (χ0) is 15.5. The van der Waals surface area contributed by atoms with E-state index in [0.29, 0.717) is 5.41 Å². The lowest BCUT2D eigenvalue weighted by Crippen LogP contribution is -2.39. The summed E-state index contributed by atoms with van der Waals surface area (Å²) in [5.41, 5.74) is 1.69. The van der Waals surface area contributed by atoms with Crippen LogP contribution >= 0.6 is 0 Å². The van der Waals surface area contributed by atoms with Gasteiger partial charge in [-0.1, -0.05) is 27.2 Å². The van der Waals surface area contributed by atoms with Gasteiger partial charge in [-0.15, -0.1) is 0 Å². The van der Waals surface area contributed by atoms with Gasteiger partial charge >= 0.3 is 0 Å². The van der Waals surface area contributed by atoms with Crippen molar-refractivity contribution in [2.24, 2.45) is 5.41 Å². The lowest BCUT2D eigenvalue weighted by Gasteiger charge is -2.40. The fourth-order valence-electron chi connectivity index (χ4n) is 3.05. The van der Waals surface area contributed by atoms with Crippen LogP contribution in [-0.2, 0) is 6.42 Å². The molecule has 1 aliphatic heterocycles. The summed E-state index contributed by atoms with van der Waals surface area (Å²) in [6, 6.07) is 0. The highest BCUT2D eigenvalue weighted by atomic mass is 15.2. The van der Waals surface area contributed by atoms with E-state index in [0.717, 1.165) is 43.4 Å². The summed E-state index contributed by atoms with van der Waals surface area (Å²) in [6.45, 7) is 11.2. The Bertz CT molecular complexity index is 476. The first kappa shape index (κ1) is 16.1. The van der Waals surface area contributed by atoms with Gasteiger partial charge in [-0.05, 0) is 31.6 Å². The minimum absolute atomic E-state index is 0.509. The van der Waals surface area contributed by atoms with Gasteiger partial charge in [0, 0.05) is 32.1 Å². The van der Waals surface area contributed by atoms with Crippen LogP contribution < -0.4 is 10.2 Å². The molecule has 1 N–H and O–H groups in total. The number of piperidine rings is 1. The molecule has 1 aromatic rings. The first-order chi connectivity index (χ1) is 10.0. The Morgan fingerprint density at radius 1 is 1.19 bits per heavy atom. The smallest absolute Gasteiger partial charge is 0.137 e. The molecular weight excluding hydrogens is 260 g/mol. The first-order valence-electron chi connectivity index (χ1n) is 8.33. The number of aromatic nitrogens is 2. The van der Waals surface area contributed by atoms with Gasteiger partial charge < -0.3 is 10.2 Å². The fraction of sp³-hybridized carbons (Fsp3) is 0.765. The number of rotatable bonds is 5. The molecule has 2 rings (SSSR count). The number of hydrogen-bond donors (Lipinski definition) is 1. The summed E-state index contributed by atoms with van der Waals surface area (Å²) in [4.78, 5) is 11.9. The van der Waals surface area contributed by atoms with E-state index < -0.39 is 0 Å². The van der Waals surface area contributed by atoms with Gasteiger partial charge in [0.15, 0.2) is 0 Å². The third-order valence-corrected chi connectivity index (χ3v) is 5.00. The minimum Gasteiger partial charge on any atom is -0.373 e. The average Bonchev–Trinajstić information content (AvgIpc) is 2.50. The summed E-state index contributed by atoms with van der Waals surface area (Å²) in [5, 5.41) is 3.22. The Balaban J connectivity index is 2.25. The lowest BCUT2D eigenvalue weighted by atomic mass is 9.78. The van der Waals surface area contributed by atoms with Crippen LogP contribution in [0.1, 0.15) is 57.8 Å². The second-order valence-corrected chi connectivity index (χ2v) is 6.59. The molecule has 4 heteroatoms. The first-order valence-corrected chi connectivity index (χ1v) is 8.33. The van der Waals surface area contributed by atoms with Crippen LogP contribution in [-0.4, -0.2) is 30.1 Å². The quantitative estimate of drug-likeness (QED) is 0.895. The molecule has 0 amide bonds. The SMILES string of the molecule is CCCc1nc(NC)c(C)c(N2CCC(C)(CC)CC2)n1. The van der Waals surface area contributed by atoms with Gasteiger partial charge in [-0.2, -0.15) is 0 Å². The predicted octanol–water partition coefficient (Wildman–Crippen LogP) is 3.80. The zero-order valence-electron chi connectivity index (χ0n) is 14.3. The molecule has 0 aromatic carbocycles. The van der Waals surface area contributed by atoms with Crippen LogP contribution in [0.15, 0.2) is 0 Å². The molecule has 0 atom stereocenters. The number of nitrogens with zero attached hydrogens (tertiary/aromatic N) is 3. The van der Waals surface area contributed by atoms with Crippen molar-refractivity contribution in [3.63, 3.8) is 0 Å². The molecule has 0 aliphatic carbocycles. The van der Waals surface area contributed by atoms with E-state index in [1.165, 1.54) is 24.8 Å². The van der Waals surface area contributed by atoms with Crippen molar-refractivity contribution in [2.75, 3.05) is 30.4 Å². The molecule has 0 radical (unpaired) electrons. The zero-order valence-corrected chi connectivity index (χ0v) is 14.3. The second kappa shape index (κ2) is 6.63. The number of aryl methyl sites for hydroxylation is 1. The highest BCUT2D eigenvalue weighted by Gasteiger charge is 2.29.